The van der Waals surface area contributed by atoms with E-state index in [1.54, 1.807) is 0 Å². The normalized spacial score (nSPS) is 16.3. The van der Waals surface area contributed by atoms with Crippen LogP contribution >= 0.6 is 0 Å². The summed E-state index contributed by atoms with van der Waals surface area (Å²) in [4.78, 5) is 7.37. The average molecular weight is 286 g/mol. The molecule has 1 unspecified atom stereocenters. The fourth-order valence-electron chi connectivity index (χ4n) is 2.95. The summed E-state index contributed by atoms with van der Waals surface area (Å²) in [6.07, 6.45) is 6.86. The Bertz CT molecular complexity index is 598. The fraction of sp³-hybridized carbons (Fsp3) is 0.588. The van der Waals surface area contributed by atoms with Crippen molar-refractivity contribution in [3.8, 4) is 0 Å². The zero-order valence-electron chi connectivity index (χ0n) is 13.1. The maximum absolute atomic E-state index is 6.07. The molecule has 4 heteroatoms. The first-order valence-electron chi connectivity index (χ1n) is 8.15. The van der Waals surface area contributed by atoms with E-state index in [-0.39, 0.29) is 6.04 Å². The standard InChI is InChI=1S/C17H26N4/c1-3-9-20(12-14-7-8-14)17-15(11-13(2)18)21-10-5-4-6-16(21)19-17/h4-6,10,13-14H,3,7-9,11-12,18H2,1-2H3. The molecular weight excluding hydrogens is 260 g/mol. The topological polar surface area (TPSA) is 46.6 Å². The Morgan fingerprint density at radius 3 is 2.90 bits per heavy atom. The van der Waals surface area contributed by atoms with Crippen LogP contribution in [0.1, 0.15) is 38.8 Å². The van der Waals surface area contributed by atoms with Crippen molar-refractivity contribution in [1.29, 1.82) is 0 Å². The van der Waals surface area contributed by atoms with Gasteiger partial charge in [-0.3, -0.25) is 0 Å². The molecule has 4 nitrogen and oxygen atoms in total. The third-order valence-corrected chi connectivity index (χ3v) is 4.09. The van der Waals surface area contributed by atoms with E-state index in [2.05, 4.69) is 41.5 Å². The molecule has 2 aromatic rings. The molecular formula is C17H26N4. The fourth-order valence-corrected chi connectivity index (χ4v) is 2.95. The molecule has 114 valence electrons. The van der Waals surface area contributed by atoms with Crippen molar-refractivity contribution in [2.45, 2.75) is 45.6 Å². The lowest BCUT2D eigenvalue weighted by molar-refractivity contribution is 0.679. The molecule has 0 saturated heterocycles. The molecule has 21 heavy (non-hydrogen) atoms. The highest BCUT2D eigenvalue weighted by atomic mass is 15.2. The van der Waals surface area contributed by atoms with Crippen LogP contribution in [0, 0.1) is 5.92 Å². The summed E-state index contributed by atoms with van der Waals surface area (Å²) in [5, 5.41) is 0. The number of anilines is 1. The predicted octanol–water partition coefficient (Wildman–Crippen LogP) is 2.85. The number of hydrogen-bond donors (Lipinski definition) is 1. The van der Waals surface area contributed by atoms with Gasteiger partial charge in [-0.15, -0.1) is 0 Å². The van der Waals surface area contributed by atoms with E-state index in [4.69, 9.17) is 10.7 Å². The molecule has 1 aliphatic carbocycles. The van der Waals surface area contributed by atoms with Gasteiger partial charge in [0, 0.05) is 31.7 Å². The van der Waals surface area contributed by atoms with E-state index in [1.165, 1.54) is 18.5 Å². The molecule has 0 spiro atoms. The predicted molar refractivity (Wildman–Crippen MR) is 87.8 cm³/mol. The smallest absolute Gasteiger partial charge is 0.151 e. The molecule has 3 rings (SSSR count). The first-order valence-corrected chi connectivity index (χ1v) is 8.15. The van der Waals surface area contributed by atoms with Crippen molar-refractivity contribution in [2.24, 2.45) is 11.7 Å². The molecule has 0 aliphatic heterocycles. The van der Waals surface area contributed by atoms with Crippen LogP contribution in [-0.4, -0.2) is 28.5 Å². The Morgan fingerprint density at radius 2 is 2.24 bits per heavy atom. The molecule has 0 radical (unpaired) electrons. The summed E-state index contributed by atoms with van der Waals surface area (Å²) in [6, 6.07) is 6.34. The summed E-state index contributed by atoms with van der Waals surface area (Å²) >= 11 is 0. The van der Waals surface area contributed by atoms with Crippen molar-refractivity contribution in [3.63, 3.8) is 0 Å². The zero-order chi connectivity index (χ0) is 14.8. The number of nitrogens with zero attached hydrogens (tertiary/aromatic N) is 3. The number of fused-ring (bicyclic) bond motifs is 1. The van der Waals surface area contributed by atoms with E-state index in [9.17, 15) is 0 Å². The van der Waals surface area contributed by atoms with Gasteiger partial charge in [0.25, 0.3) is 0 Å². The van der Waals surface area contributed by atoms with Crippen LogP contribution in [-0.2, 0) is 6.42 Å². The molecule has 0 aromatic carbocycles. The van der Waals surface area contributed by atoms with Gasteiger partial charge in [0.1, 0.15) is 5.65 Å². The van der Waals surface area contributed by atoms with Crippen molar-refractivity contribution in [1.82, 2.24) is 9.38 Å². The molecule has 0 bridgehead atoms. The lowest BCUT2D eigenvalue weighted by atomic mass is 10.2. The van der Waals surface area contributed by atoms with Gasteiger partial charge >= 0.3 is 0 Å². The van der Waals surface area contributed by atoms with E-state index >= 15 is 0 Å². The van der Waals surface area contributed by atoms with Crippen LogP contribution in [0.2, 0.25) is 0 Å². The van der Waals surface area contributed by atoms with Gasteiger partial charge in [0.15, 0.2) is 5.82 Å². The van der Waals surface area contributed by atoms with Crippen molar-refractivity contribution < 1.29 is 0 Å². The molecule has 2 aromatic heterocycles. The van der Waals surface area contributed by atoms with Gasteiger partial charge in [-0.05, 0) is 44.2 Å². The Morgan fingerprint density at radius 1 is 1.43 bits per heavy atom. The minimum absolute atomic E-state index is 0.147. The van der Waals surface area contributed by atoms with Crippen LogP contribution in [0.5, 0.6) is 0 Å². The van der Waals surface area contributed by atoms with Crippen LogP contribution < -0.4 is 10.6 Å². The average Bonchev–Trinajstić information content (AvgIpc) is 3.20. The monoisotopic (exact) mass is 286 g/mol. The summed E-state index contributed by atoms with van der Waals surface area (Å²) in [5.41, 5.74) is 8.36. The van der Waals surface area contributed by atoms with Gasteiger partial charge in [0.05, 0.1) is 5.69 Å². The Kier molecular flexibility index (Phi) is 4.15. The summed E-state index contributed by atoms with van der Waals surface area (Å²) in [6.45, 7) is 6.52. The Labute approximate surface area is 127 Å². The summed E-state index contributed by atoms with van der Waals surface area (Å²) < 4.78 is 2.20. The molecule has 2 heterocycles. The highest BCUT2D eigenvalue weighted by Crippen LogP contribution is 2.32. The third kappa shape index (κ3) is 3.21. The summed E-state index contributed by atoms with van der Waals surface area (Å²) in [7, 11) is 0. The lowest BCUT2D eigenvalue weighted by Gasteiger charge is -2.23. The second kappa shape index (κ2) is 6.06. The molecule has 1 aliphatic rings. The number of hydrogen-bond acceptors (Lipinski definition) is 3. The Balaban J connectivity index is 2.00. The van der Waals surface area contributed by atoms with Gasteiger partial charge in [-0.1, -0.05) is 13.0 Å². The quantitative estimate of drug-likeness (QED) is 0.851. The minimum atomic E-state index is 0.147. The summed E-state index contributed by atoms with van der Waals surface area (Å²) in [5.74, 6) is 2.01. The third-order valence-electron chi connectivity index (χ3n) is 4.09. The van der Waals surface area contributed by atoms with Crippen molar-refractivity contribution >= 4 is 11.5 Å². The second-order valence-electron chi connectivity index (χ2n) is 6.38. The molecule has 1 fully saturated rings. The van der Waals surface area contributed by atoms with Gasteiger partial charge in [-0.2, -0.15) is 0 Å². The number of pyridine rings is 1. The van der Waals surface area contributed by atoms with Crippen LogP contribution in [0.3, 0.4) is 0 Å². The number of rotatable bonds is 7. The van der Waals surface area contributed by atoms with Crippen LogP contribution in [0.25, 0.3) is 5.65 Å². The second-order valence-corrected chi connectivity index (χ2v) is 6.38. The largest absolute Gasteiger partial charge is 0.355 e. The van der Waals surface area contributed by atoms with Crippen molar-refractivity contribution in [2.75, 3.05) is 18.0 Å². The first kappa shape index (κ1) is 14.4. The zero-order valence-corrected chi connectivity index (χ0v) is 13.1. The maximum Gasteiger partial charge on any atom is 0.151 e. The first-order chi connectivity index (χ1) is 10.2. The van der Waals surface area contributed by atoms with Crippen molar-refractivity contribution in [3.05, 3.63) is 30.1 Å². The molecule has 1 atom stereocenters. The van der Waals surface area contributed by atoms with Gasteiger partial charge in [-0.25, -0.2) is 4.98 Å². The SMILES string of the molecule is CCCN(CC1CC1)c1nc2ccccn2c1CC(C)N. The highest BCUT2D eigenvalue weighted by Gasteiger charge is 2.27. The minimum Gasteiger partial charge on any atom is -0.355 e. The van der Waals surface area contributed by atoms with Gasteiger partial charge < -0.3 is 15.0 Å². The maximum atomic E-state index is 6.07. The molecule has 2 N–H and O–H groups in total. The molecule has 0 amide bonds. The number of nitrogens with two attached hydrogens (primary N) is 1. The van der Waals surface area contributed by atoms with Crippen LogP contribution in [0.4, 0.5) is 5.82 Å². The Hall–Kier alpha value is -1.55. The van der Waals surface area contributed by atoms with E-state index < -0.39 is 0 Å². The number of aromatic nitrogens is 2. The van der Waals surface area contributed by atoms with E-state index in [1.807, 2.05) is 6.07 Å². The highest BCUT2D eigenvalue weighted by molar-refractivity contribution is 5.56. The van der Waals surface area contributed by atoms with Gasteiger partial charge in [0.2, 0.25) is 0 Å². The van der Waals surface area contributed by atoms with Crippen LogP contribution in [0.15, 0.2) is 24.4 Å². The number of imidazole rings is 1. The van der Waals surface area contributed by atoms with E-state index in [0.29, 0.717) is 0 Å². The van der Waals surface area contributed by atoms with E-state index in [0.717, 1.165) is 43.3 Å². The lowest BCUT2D eigenvalue weighted by Crippen LogP contribution is -2.29. The molecule has 1 saturated carbocycles.